The second kappa shape index (κ2) is 10.9. The van der Waals surface area contributed by atoms with Crippen molar-refractivity contribution in [1.82, 2.24) is 5.16 Å². The average Bonchev–Trinajstić information content (AvgIpc) is 3.23. The third kappa shape index (κ3) is 5.95. The Hall–Kier alpha value is -4.66. The number of ether oxygens (including phenoxy) is 2. The predicted octanol–water partition coefficient (Wildman–Crippen LogP) is 6.40. The van der Waals surface area contributed by atoms with E-state index in [-0.39, 0.29) is 12.0 Å². The van der Waals surface area contributed by atoms with Gasteiger partial charge in [0.2, 0.25) is 0 Å². The first-order valence-corrected chi connectivity index (χ1v) is 11.4. The molecular formula is C28H25FN2O6. The molecule has 4 rings (SSSR count). The molecule has 4 aromatic rings. The van der Waals surface area contributed by atoms with E-state index in [2.05, 4.69) is 10.5 Å². The number of carboxylic acid groups (broad SMARTS) is 1. The topological polar surface area (TPSA) is 111 Å². The van der Waals surface area contributed by atoms with Crippen molar-refractivity contribution in [3.8, 4) is 28.2 Å². The number of methoxy groups -OCH3 is 1. The summed E-state index contributed by atoms with van der Waals surface area (Å²) in [6.07, 6.45) is -1.70. The zero-order chi connectivity index (χ0) is 26.5. The molecule has 0 bridgehead atoms. The summed E-state index contributed by atoms with van der Waals surface area (Å²) in [6, 6.07) is 19.0. The van der Waals surface area contributed by atoms with Crippen molar-refractivity contribution in [2.75, 3.05) is 12.4 Å². The monoisotopic (exact) mass is 504 g/mol. The van der Waals surface area contributed by atoms with Crippen LogP contribution in [0.15, 0.2) is 71.3 Å². The van der Waals surface area contributed by atoms with E-state index in [0.29, 0.717) is 34.0 Å². The minimum absolute atomic E-state index is 0.0574. The molecule has 37 heavy (non-hydrogen) atoms. The number of rotatable bonds is 8. The Morgan fingerprint density at radius 1 is 1.05 bits per heavy atom. The molecule has 9 heteroatoms. The first kappa shape index (κ1) is 25.4. The molecule has 1 amide bonds. The summed E-state index contributed by atoms with van der Waals surface area (Å²) < 4.78 is 30.2. The maximum atomic E-state index is 14.4. The standard InChI is InChI=1S/C28H25FN2O6/c1-16-26(30-28(34)36-17(2)23-12-11-22(35-3)15-24(23)29)27(37-31-16)20-9-7-19(8-10-20)21-6-4-5-18(13-21)14-25(32)33/h4-13,15,17H,14H2,1-3H3,(H,30,34)(H,32,33). The number of aromatic nitrogens is 1. The number of aryl methyl sites for hydroxylation is 1. The van der Waals surface area contributed by atoms with Gasteiger partial charge in [-0.3, -0.25) is 10.1 Å². The van der Waals surface area contributed by atoms with Gasteiger partial charge in [0, 0.05) is 17.2 Å². The molecule has 190 valence electrons. The Balaban J connectivity index is 1.49. The van der Waals surface area contributed by atoms with Crippen LogP contribution < -0.4 is 10.1 Å². The average molecular weight is 505 g/mol. The molecule has 0 saturated carbocycles. The van der Waals surface area contributed by atoms with Gasteiger partial charge in [0.15, 0.2) is 5.76 Å². The van der Waals surface area contributed by atoms with Crippen LogP contribution in [0, 0.1) is 12.7 Å². The van der Waals surface area contributed by atoms with Crippen molar-refractivity contribution < 1.29 is 33.1 Å². The molecule has 1 atom stereocenters. The molecule has 1 heterocycles. The van der Waals surface area contributed by atoms with Gasteiger partial charge in [-0.05, 0) is 42.7 Å². The fraction of sp³-hybridized carbons (Fsp3) is 0.179. The molecule has 2 N–H and O–H groups in total. The number of benzene rings is 3. The van der Waals surface area contributed by atoms with Gasteiger partial charge in [0.05, 0.1) is 13.5 Å². The van der Waals surface area contributed by atoms with Crippen LogP contribution in [-0.4, -0.2) is 29.4 Å². The molecule has 3 aromatic carbocycles. The predicted molar refractivity (Wildman–Crippen MR) is 135 cm³/mol. The molecule has 0 aliphatic rings. The summed E-state index contributed by atoms with van der Waals surface area (Å²) in [5.41, 5.74) is 4.12. The maximum Gasteiger partial charge on any atom is 0.412 e. The highest BCUT2D eigenvalue weighted by atomic mass is 19.1. The van der Waals surface area contributed by atoms with E-state index in [1.54, 1.807) is 26.0 Å². The van der Waals surface area contributed by atoms with E-state index >= 15 is 0 Å². The van der Waals surface area contributed by atoms with Crippen LogP contribution in [0.5, 0.6) is 5.75 Å². The largest absolute Gasteiger partial charge is 0.497 e. The SMILES string of the molecule is COc1ccc(C(C)OC(=O)Nc2c(C)noc2-c2ccc(-c3cccc(CC(=O)O)c3)cc2)c(F)c1. The Morgan fingerprint density at radius 2 is 1.78 bits per heavy atom. The third-order valence-corrected chi connectivity index (χ3v) is 5.78. The van der Waals surface area contributed by atoms with E-state index < -0.39 is 24.0 Å². The number of halogens is 1. The zero-order valence-corrected chi connectivity index (χ0v) is 20.4. The number of hydrogen-bond acceptors (Lipinski definition) is 6. The summed E-state index contributed by atoms with van der Waals surface area (Å²) in [5, 5.41) is 15.7. The van der Waals surface area contributed by atoms with Crippen molar-refractivity contribution in [1.29, 1.82) is 0 Å². The Bertz CT molecular complexity index is 1430. The lowest BCUT2D eigenvalue weighted by atomic mass is 10.00. The lowest BCUT2D eigenvalue weighted by molar-refractivity contribution is -0.136. The molecule has 8 nitrogen and oxygen atoms in total. The number of carbonyl (C=O) groups excluding carboxylic acids is 1. The number of hydrogen-bond donors (Lipinski definition) is 2. The van der Waals surface area contributed by atoms with Gasteiger partial charge in [-0.2, -0.15) is 0 Å². The molecule has 1 unspecified atom stereocenters. The minimum atomic E-state index is -0.893. The first-order valence-electron chi connectivity index (χ1n) is 11.4. The zero-order valence-electron chi connectivity index (χ0n) is 20.4. The van der Waals surface area contributed by atoms with E-state index in [1.807, 2.05) is 42.5 Å². The van der Waals surface area contributed by atoms with Crippen molar-refractivity contribution in [2.45, 2.75) is 26.4 Å². The maximum absolute atomic E-state index is 14.4. The second-order valence-electron chi connectivity index (χ2n) is 8.38. The summed E-state index contributed by atoms with van der Waals surface area (Å²) in [7, 11) is 1.44. The fourth-order valence-electron chi connectivity index (χ4n) is 3.88. The summed E-state index contributed by atoms with van der Waals surface area (Å²) in [6.45, 7) is 3.24. The summed E-state index contributed by atoms with van der Waals surface area (Å²) >= 11 is 0. The van der Waals surface area contributed by atoms with Gasteiger partial charge in [-0.15, -0.1) is 0 Å². The molecule has 0 aliphatic heterocycles. The number of anilines is 1. The lowest BCUT2D eigenvalue weighted by Crippen LogP contribution is -2.17. The van der Waals surface area contributed by atoms with Crippen LogP contribution in [-0.2, 0) is 16.0 Å². The van der Waals surface area contributed by atoms with Crippen molar-refractivity contribution in [3.05, 3.63) is 89.4 Å². The van der Waals surface area contributed by atoms with E-state index in [1.165, 1.54) is 19.2 Å². The molecule has 0 fully saturated rings. The quantitative estimate of drug-likeness (QED) is 0.286. The molecular weight excluding hydrogens is 479 g/mol. The van der Waals surface area contributed by atoms with Crippen LogP contribution >= 0.6 is 0 Å². The minimum Gasteiger partial charge on any atom is -0.497 e. The number of nitrogens with zero attached hydrogens (tertiary/aromatic N) is 1. The second-order valence-corrected chi connectivity index (χ2v) is 8.38. The van der Waals surface area contributed by atoms with Crippen LogP contribution in [0.25, 0.3) is 22.5 Å². The summed E-state index contributed by atoms with van der Waals surface area (Å²) in [4.78, 5) is 23.6. The number of nitrogens with one attached hydrogen (secondary N) is 1. The highest BCUT2D eigenvalue weighted by molar-refractivity contribution is 5.91. The van der Waals surface area contributed by atoms with Gasteiger partial charge in [0.25, 0.3) is 0 Å². The van der Waals surface area contributed by atoms with Crippen LogP contribution in [0.2, 0.25) is 0 Å². The van der Waals surface area contributed by atoms with Crippen molar-refractivity contribution >= 4 is 17.7 Å². The van der Waals surface area contributed by atoms with Gasteiger partial charge < -0.3 is 19.1 Å². The molecule has 1 aromatic heterocycles. The van der Waals surface area contributed by atoms with Crippen molar-refractivity contribution in [3.63, 3.8) is 0 Å². The lowest BCUT2D eigenvalue weighted by Gasteiger charge is -2.15. The smallest absolute Gasteiger partial charge is 0.412 e. The molecule has 0 radical (unpaired) electrons. The molecule has 0 aliphatic carbocycles. The normalized spacial score (nSPS) is 11.6. The molecule has 0 spiro atoms. The van der Waals surface area contributed by atoms with Gasteiger partial charge >= 0.3 is 12.1 Å². The highest BCUT2D eigenvalue weighted by Gasteiger charge is 2.21. The Labute approximate surface area is 212 Å². The van der Waals surface area contributed by atoms with Crippen LogP contribution in [0.3, 0.4) is 0 Å². The number of carboxylic acids is 1. The fourth-order valence-corrected chi connectivity index (χ4v) is 3.88. The highest BCUT2D eigenvalue weighted by Crippen LogP contribution is 2.33. The third-order valence-electron chi connectivity index (χ3n) is 5.78. The number of carbonyl (C=O) groups is 2. The van der Waals surface area contributed by atoms with E-state index in [9.17, 15) is 14.0 Å². The van der Waals surface area contributed by atoms with Gasteiger partial charge in [-0.1, -0.05) is 53.7 Å². The van der Waals surface area contributed by atoms with Crippen LogP contribution in [0.4, 0.5) is 14.9 Å². The van der Waals surface area contributed by atoms with Crippen molar-refractivity contribution in [2.24, 2.45) is 0 Å². The van der Waals surface area contributed by atoms with E-state index in [4.69, 9.17) is 19.1 Å². The van der Waals surface area contributed by atoms with E-state index in [0.717, 1.165) is 11.1 Å². The first-order chi connectivity index (χ1) is 17.7. The van der Waals surface area contributed by atoms with Crippen LogP contribution in [0.1, 0.15) is 29.8 Å². The van der Waals surface area contributed by atoms with Gasteiger partial charge in [0.1, 0.15) is 29.1 Å². The van der Waals surface area contributed by atoms with Gasteiger partial charge in [-0.25, -0.2) is 9.18 Å². The molecule has 0 saturated heterocycles. The summed E-state index contributed by atoms with van der Waals surface area (Å²) in [5.74, 6) is -0.740. The Kier molecular flexibility index (Phi) is 7.52. The number of amides is 1. The number of aliphatic carboxylic acids is 1. The Morgan fingerprint density at radius 3 is 2.46 bits per heavy atom.